The molecule has 0 radical (unpaired) electrons. The monoisotopic (exact) mass is 478 g/mol. The molecule has 2 aromatic heterocycles. The van der Waals surface area contributed by atoms with Gasteiger partial charge in [0, 0.05) is 18.8 Å². The average molecular weight is 479 g/mol. The van der Waals surface area contributed by atoms with Crippen LogP contribution in [0.25, 0.3) is 9.53 Å². The molecule has 8 heteroatoms. The molecule has 0 amide bonds. The number of fused-ring (bicyclic) bond motifs is 1. The van der Waals surface area contributed by atoms with E-state index >= 15 is 0 Å². The molecular weight excluding hydrogens is 448 g/mol. The summed E-state index contributed by atoms with van der Waals surface area (Å²) in [6.07, 6.45) is 3.55. The van der Waals surface area contributed by atoms with Crippen molar-refractivity contribution in [3.63, 3.8) is 0 Å². The van der Waals surface area contributed by atoms with Crippen molar-refractivity contribution in [2.45, 2.75) is 40.0 Å². The SMILES string of the molecule is CCCCc1ccc(N=Nc2cc3sc(NNc4ccc(N(CC)CC)cc4)nc3s2)cc1. The quantitative estimate of drug-likeness (QED) is 0.168. The van der Waals surface area contributed by atoms with E-state index in [2.05, 4.69) is 88.1 Å². The lowest BCUT2D eigenvalue weighted by atomic mass is 10.1. The van der Waals surface area contributed by atoms with E-state index in [1.54, 1.807) is 22.7 Å². The highest BCUT2D eigenvalue weighted by molar-refractivity contribution is 7.30. The van der Waals surface area contributed by atoms with Gasteiger partial charge in [-0.1, -0.05) is 48.2 Å². The molecule has 0 saturated carbocycles. The van der Waals surface area contributed by atoms with Crippen LogP contribution in [0.15, 0.2) is 64.8 Å². The van der Waals surface area contributed by atoms with Crippen molar-refractivity contribution in [1.29, 1.82) is 0 Å². The summed E-state index contributed by atoms with van der Waals surface area (Å²) in [5.74, 6) is 0. The third-order valence-electron chi connectivity index (χ3n) is 5.41. The Morgan fingerprint density at radius 1 is 0.879 bits per heavy atom. The molecule has 0 unspecified atom stereocenters. The topological polar surface area (TPSA) is 64.9 Å². The molecular formula is C25H30N6S2. The number of aromatic nitrogens is 1. The summed E-state index contributed by atoms with van der Waals surface area (Å²) in [5, 5.41) is 10.5. The Morgan fingerprint density at radius 3 is 2.30 bits per heavy atom. The number of hydrazine groups is 1. The van der Waals surface area contributed by atoms with Gasteiger partial charge >= 0.3 is 0 Å². The standard InChI is InChI=1S/C25H30N6S2/c1-4-7-8-18-9-11-19(12-10-18)27-29-23-17-22-24(33-23)26-25(32-22)30-28-20-13-15-21(16-14-20)31(5-2)6-3/h9-17,28H,4-8H2,1-3H3,(H,26,30). The maximum absolute atomic E-state index is 4.67. The summed E-state index contributed by atoms with van der Waals surface area (Å²) in [4.78, 5) is 7.96. The van der Waals surface area contributed by atoms with Crippen LogP contribution in [0.4, 0.5) is 27.2 Å². The van der Waals surface area contributed by atoms with Crippen molar-refractivity contribution < 1.29 is 0 Å². The smallest absolute Gasteiger partial charge is 0.203 e. The molecule has 33 heavy (non-hydrogen) atoms. The summed E-state index contributed by atoms with van der Waals surface area (Å²) in [6.45, 7) is 8.56. The van der Waals surface area contributed by atoms with Gasteiger partial charge in [-0.3, -0.25) is 10.9 Å². The molecule has 0 aliphatic carbocycles. The van der Waals surface area contributed by atoms with E-state index in [-0.39, 0.29) is 0 Å². The number of hydrogen-bond donors (Lipinski definition) is 2. The van der Waals surface area contributed by atoms with Crippen molar-refractivity contribution in [1.82, 2.24) is 4.98 Å². The molecule has 0 bridgehead atoms. The van der Waals surface area contributed by atoms with E-state index in [4.69, 9.17) is 0 Å². The number of thiophene rings is 1. The fourth-order valence-electron chi connectivity index (χ4n) is 3.51. The maximum atomic E-state index is 4.67. The second kappa shape index (κ2) is 11.2. The van der Waals surface area contributed by atoms with E-state index in [1.165, 1.54) is 24.1 Å². The fourth-order valence-corrected chi connectivity index (χ4v) is 5.40. The predicted molar refractivity (Wildman–Crippen MR) is 144 cm³/mol. The molecule has 4 rings (SSSR count). The Hall–Kier alpha value is -2.97. The number of nitrogens with zero attached hydrogens (tertiary/aromatic N) is 4. The lowest BCUT2D eigenvalue weighted by Gasteiger charge is -2.21. The van der Waals surface area contributed by atoms with Crippen molar-refractivity contribution in [2.75, 3.05) is 28.8 Å². The molecule has 2 aromatic carbocycles. The highest BCUT2D eigenvalue weighted by atomic mass is 32.1. The van der Waals surface area contributed by atoms with Crippen molar-refractivity contribution >= 4 is 59.4 Å². The minimum Gasteiger partial charge on any atom is -0.372 e. The van der Waals surface area contributed by atoms with Crippen LogP contribution in [0, 0.1) is 0 Å². The van der Waals surface area contributed by atoms with Crippen LogP contribution in [0.3, 0.4) is 0 Å². The zero-order valence-electron chi connectivity index (χ0n) is 19.3. The van der Waals surface area contributed by atoms with Gasteiger partial charge in [0.1, 0.15) is 9.83 Å². The number of nitrogens with one attached hydrogen (secondary N) is 2. The van der Waals surface area contributed by atoms with Crippen LogP contribution in [0.1, 0.15) is 39.2 Å². The van der Waals surface area contributed by atoms with Gasteiger partial charge in [0.15, 0.2) is 0 Å². The summed E-state index contributed by atoms with van der Waals surface area (Å²) in [6, 6.07) is 18.8. The second-order valence-corrected chi connectivity index (χ2v) is 9.75. The Morgan fingerprint density at radius 2 is 1.64 bits per heavy atom. The van der Waals surface area contributed by atoms with E-state index in [0.29, 0.717) is 0 Å². The Kier molecular flexibility index (Phi) is 7.91. The number of aryl methyl sites for hydroxylation is 1. The first-order valence-electron chi connectivity index (χ1n) is 11.5. The third kappa shape index (κ3) is 6.09. The first-order chi connectivity index (χ1) is 16.2. The lowest BCUT2D eigenvalue weighted by Crippen LogP contribution is -2.21. The van der Waals surface area contributed by atoms with Crippen molar-refractivity contribution in [3.8, 4) is 0 Å². The van der Waals surface area contributed by atoms with Crippen LogP contribution in [0.5, 0.6) is 0 Å². The van der Waals surface area contributed by atoms with E-state index in [1.807, 2.05) is 18.2 Å². The molecule has 0 fully saturated rings. The number of hydrogen-bond acceptors (Lipinski definition) is 8. The van der Waals surface area contributed by atoms with E-state index in [0.717, 1.165) is 50.5 Å². The van der Waals surface area contributed by atoms with Gasteiger partial charge in [-0.15, -0.1) is 10.2 Å². The second-order valence-electron chi connectivity index (χ2n) is 7.71. The van der Waals surface area contributed by atoms with Gasteiger partial charge in [0.2, 0.25) is 5.13 Å². The Labute approximate surface area is 203 Å². The third-order valence-corrected chi connectivity index (χ3v) is 7.37. The molecule has 0 saturated heterocycles. The van der Waals surface area contributed by atoms with Crippen molar-refractivity contribution in [3.05, 3.63) is 60.2 Å². The Balaban J connectivity index is 1.34. The molecule has 0 aliphatic heterocycles. The van der Waals surface area contributed by atoms with E-state index < -0.39 is 0 Å². The highest BCUT2D eigenvalue weighted by Crippen LogP contribution is 2.37. The molecule has 0 spiro atoms. The minimum atomic E-state index is 0.829. The molecule has 0 atom stereocenters. The highest BCUT2D eigenvalue weighted by Gasteiger charge is 2.09. The molecule has 2 heterocycles. The van der Waals surface area contributed by atoms with Crippen LogP contribution in [-0.4, -0.2) is 18.1 Å². The van der Waals surface area contributed by atoms with Crippen LogP contribution in [-0.2, 0) is 6.42 Å². The van der Waals surface area contributed by atoms with Crippen LogP contribution in [0.2, 0.25) is 0 Å². The van der Waals surface area contributed by atoms with Crippen LogP contribution < -0.4 is 15.8 Å². The summed E-state index contributed by atoms with van der Waals surface area (Å²) in [5.41, 5.74) is 10.9. The average Bonchev–Trinajstić information content (AvgIpc) is 3.41. The Bertz CT molecular complexity index is 1140. The van der Waals surface area contributed by atoms with E-state index in [9.17, 15) is 0 Å². The maximum Gasteiger partial charge on any atom is 0.203 e. The predicted octanol–water partition coefficient (Wildman–Crippen LogP) is 8.40. The number of thiazole rings is 1. The van der Waals surface area contributed by atoms with Gasteiger partial charge in [0.05, 0.1) is 16.1 Å². The van der Waals surface area contributed by atoms with Crippen molar-refractivity contribution in [2.24, 2.45) is 10.2 Å². The summed E-state index contributed by atoms with van der Waals surface area (Å²) < 4.78 is 1.10. The van der Waals surface area contributed by atoms with Gasteiger partial charge < -0.3 is 4.90 Å². The molecule has 172 valence electrons. The van der Waals surface area contributed by atoms with Gasteiger partial charge in [-0.05, 0) is 74.7 Å². The summed E-state index contributed by atoms with van der Waals surface area (Å²) in [7, 11) is 0. The molecule has 0 aliphatic rings. The molecule has 4 aromatic rings. The van der Waals surface area contributed by atoms with Gasteiger partial charge in [-0.25, -0.2) is 4.98 Å². The zero-order chi connectivity index (χ0) is 23.0. The van der Waals surface area contributed by atoms with Crippen LogP contribution >= 0.6 is 22.7 Å². The first kappa shape index (κ1) is 23.2. The first-order valence-corrected chi connectivity index (χ1v) is 13.1. The largest absolute Gasteiger partial charge is 0.372 e. The summed E-state index contributed by atoms with van der Waals surface area (Å²) >= 11 is 3.15. The molecule has 2 N–H and O–H groups in total. The van der Waals surface area contributed by atoms with Gasteiger partial charge in [-0.2, -0.15) is 0 Å². The fraction of sp³-hybridized carbons (Fsp3) is 0.320. The number of rotatable bonds is 11. The normalized spacial score (nSPS) is 11.4. The number of anilines is 3. The minimum absolute atomic E-state index is 0.829. The number of azo groups is 1. The van der Waals surface area contributed by atoms with Gasteiger partial charge in [0.25, 0.3) is 0 Å². The lowest BCUT2D eigenvalue weighted by molar-refractivity contribution is 0.795. The number of benzene rings is 2. The number of unbranched alkanes of at least 4 members (excludes halogenated alkanes) is 1. The zero-order valence-corrected chi connectivity index (χ0v) is 21.0. The molecule has 6 nitrogen and oxygen atoms in total.